The summed E-state index contributed by atoms with van der Waals surface area (Å²) in [6.45, 7) is 9.29. The van der Waals surface area contributed by atoms with Crippen LogP contribution in [0.15, 0.2) is 29.0 Å². The van der Waals surface area contributed by atoms with Crippen molar-refractivity contribution in [2.75, 3.05) is 0 Å². The maximum Gasteiger partial charge on any atom is 0.408 e. The number of nitrogens with one attached hydrogen (secondary N) is 1. The quantitative estimate of drug-likeness (QED) is 0.891. The molecule has 0 radical (unpaired) electrons. The molecule has 114 valence electrons. The Morgan fingerprint density at radius 3 is 2.57 bits per heavy atom. The maximum atomic E-state index is 12.0. The summed E-state index contributed by atoms with van der Waals surface area (Å²) in [5.74, 6) is 0.732. The van der Waals surface area contributed by atoms with E-state index in [9.17, 15) is 4.79 Å². The molecule has 0 aliphatic carbocycles. The van der Waals surface area contributed by atoms with Gasteiger partial charge in [-0.3, -0.25) is 0 Å². The van der Waals surface area contributed by atoms with Crippen LogP contribution in [0.5, 0.6) is 0 Å². The second-order valence-electron chi connectivity index (χ2n) is 6.43. The van der Waals surface area contributed by atoms with Crippen LogP contribution in [0.25, 0.3) is 5.52 Å². The Hall–Kier alpha value is -1.56. The molecule has 0 bridgehead atoms. The Labute approximate surface area is 132 Å². The van der Waals surface area contributed by atoms with Crippen molar-refractivity contribution in [2.45, 2.75) is 45.8 Å². The van der Waals surface area contributed by atoms with Gasteiger partial charge in [-0.05, 0) is 62.7 Å². The zero-order valence-electron chi connectivity index (χ0n) is 12.9. The van der Waals surface area contributed by atoms with E-state index < -0.39 is 17.2 Å². The number of nitrogens with zero attached hydrogens (tertiary/aromatic N) is 2. The molecule has 0 aliphatic rings. The van der Waals surface area contributed by atoms with E-state index in [0.29, 0.717) is 0 Å². The fourth-order valence-electron chi connectivity index (χ4n) is 2.06. The molecule has 0 atom stereocenters. The van der Waals surface area contributed by atoms with Gasteiger partial charge in [0, 0.05) is 6.20 Å². The van der Waals surface area contributed by atoms with Gasteiger partial charge in [-0.2, -0.15) is 0 Å². The summed E-state index contributed by atoms with van der Waals surface area (Å²) in [7, 11) is 0. The van der Waals surface area contributed by atoms with Gasteiger partial charge in [-0.1, -0.05) is 6.07 Å². The highest BCUT2D eigenvalue weighted by molar-refractivity contribution is 9.10. The summed E-state index contributed by atoms with van der Waals surface area (Å²) in [6.07, 6.45) is 1.46. The van der Waals surface area contributed by atoms with E-state index in [2.05, 4.69) is 26.2 Å². The minimum absolute atomic E-state index is 0.462. The highest BCUT2D eigenvalue weighted by Gasteiger charge is 2.30. The Kier molecular flexibility index (Phi) is 4.02. The molecule has 21 heavy (non-hydrogen) atoms. The van der Waals surface area contributed by atoms with Crippen LogP contribution < -0.4 is 5.32 Å². The van der Waals surface area contributed by atoms with Crippen LogP contribution >= 0.6 is 15.9 Å². The third kappa shape index (κ3) is 3.56. The van der Waals surface area contributed by atoms with Crippen LogP contribution in [0.3, 0.4) is 0 Å². The molecule has 2 rings (SSSR count). The predicted octanol–water partition coefficient (Wildman–Crippen LogP) is 3.86. The molecule has 0 unspecified atom stereocenters. The lowest BCUT2D eigenvalue weighted by atomic mass is 10.1. The minimum Gasteiger partial charge on any atom is -0.444 e. The Bertz CT molecular complexity index is 671. The number of amides is 1. The first-order valence-corrected chi connectivity index (χ1v) is 7.54. The van der Waals surface area contributed by atoms with Crippen molar-refractivity contribution in [3.8, 4) is 0 Å². The highest BCUT2D eigenvalue weighted by atomic mass is 79.9. The fraction of sp³-hybridized carbons (Fsp3) is 0.467. The molecule has 2 aromatic heterocycles. The summed E-state index contributed by atoms with van der Waals surface area (Å²) < 4.78 is 8.01. The number of ether oxygens (including phenoxy) is 1. The van der Waals surface area contributed by atoms with Crippen LogP contribution in [-0.4, -0.2) is 21.1 Å². The van der Waals surface area contributed by atoms with Crippen molar-refractivity contribution < 1.29 is 9.53 Å². The molecule has 0 fully saturated rings. The Balaban J connectivity index is 2.32. The van der Waals surface area contributed by atoms with Crippen molar-refractivity contribution in [2.24, 2.45) is 0 Å². The van der Waals surface area contributed by atoms with Gasteiger partial charge < -0.3 is 14.5 Å². The lowest BCUT2D eigenvalue weighted by molar-refractivity contribution is 0.0466. The molecular formula is C15H20BrN3O2. The van der Waals surface area contributed by atoms with E-state index >= 15 is 0 Å². The van der Waals surface area contributed by atoms with E-state index in [1.165, 1.54) is 0 Å². The van der Waals surface area contributed by atoms with Crippen LogP contribution in [-0.2, 0) is 10.3 Å². The largest absolute Gasteiger partial charge is 0.444 e. The molecule has 0 saturated heterocycles. The van der Waals surface area contributed by atoms with E-state index in [1.807, 2.05) is 63.4 Å². The number of carbonyl (C=O) groups excluding carboxylic acids is 1. The molecule has 1 N–H and O–H groups in total. The van der Waals surface area contributed by atoms with Crippen molar-refractivity contribution in [3.63, 3.8) is 0 Å². The van der Waals surface area contributed by atoms with Gasteiger partial charge in [0.15, 0.2) is 0 Å². The average Bonchev–Trinajstić information content (AvgIpc) is 2.65. The van der Waals surface area contributed by atoms with E-state index in [1.54, 1.807) is 0 Å². The number of halogens is 1. The average molecular weight is 354 g/mol. The summed E-state index contributed by atoms with van der Waals surface area (Å²) in [5, 5.41) is 2.87. The first kappa shape index (κ1) is 15.8. The normalized spacial score (nSPS) is 12.5. The number of carbonyl (C=O) groups is 1. The zero-order valence-corrected chi connectivity index (χ0v) is 14.5. The standard InChI is InChI=1S/C15H20BrN3O2/c1-14(2,3)21-13(20)18-15(4,5)12-17-11(16)10-8-6-7-9-19(10)12/h6-9H,1-5H3,(H,18,20). The Morgan fingerprint density at radius 1 is 1.29 bits per heavy atom. The molecule has 2 aromatic rings. The van der Waals surface area contributed by atoms with Crippen LogP contribution in [0.4, 0.5) is 4.79 Å². The highest BCUT2D eigenvalue weighted by Crippen LogP contribution is 2.26. The second kappa shape index (κ2) is 5.33. The number of hydrogen-bond acceptors (Lipinski definition) is 3. The van der Waals surface area contributed by atoms with Gasteiger partial charge in [-0.15, -0.1) is 0 Å². The number of fused-ring (bicyclic) bond motifs is 1. The zero-order chi connectivity index (χ0) is 15.8. The van der Waals surface area contributed by atoms with Crippen LogP contribution in [0, 0.1) is 0 Å². The lowest BCUT2D eigenvalue weighted by Gasteiger charge is -2.27. The second-order valence-corrected chi connectivity index (χ2v) is 7.19. The van der Waals surface area contributed by atoms with Gasteiger partial charge in [0.05, 0.1) is 11.1 Å². The van der Waals surface area contributed by atoms with E-state index in [0.717, 1.165) is 15.9 Å². The minimum atomic E-state index is -0.668. The third-order valence-corrected chi connectivity index (χ3v) is 3.46. The molecule has 0 spiro atoms. The number of aromatic nitrogens is 2. The number of hydrogen-bond donors (Lipinski definition) is 1. The van der Waals surface area contributed by atoms with Crippen molar-refractivity contribution >= 4 is 27.5 Å². The SMILES string of the molecule is CC(C)(C)OC(=O)NC(C)(C)c1nc(Br)c2ccccn12. The number of alkyl carbamates (subject to hydrolysis) is 1. The van der Waals surface area contributed by atoms with Gasteiger partial charge >= 0.3 is 6.09 Å². The molecule has 0 aromatic carbocycles. The molecule has 2 heterocycles. The number of pyridine rings is 1. The molecule has 6 heteroatoms. The topological polar surface area (TPSA) is 55.6 Å². The van der Waals surface area contributed by atoms with Gasteiger partial charge in [0.2, 0.25) is 0 Å². The first-order chi connectivity index (χ1) is 9.60. The van der Waals surface area contributed by atoms with E-state index in [-0.39, 0.29) is 0 Å². The van der Waals surface area contributed by atoms with Crippen LogP contribution in [0.2, 0.25) is 0 Å². The van der Waals surface area contributed by atoms with Gasteiger partial charge in [-0.25, -0.2) is 9.78 Å². The molecule has 5 nitrogen and oxygen atoms in total. The van der Waals surface area contributed by atoms with Gasteiger partial charge in [0.25, 0.3) is 0 Å². The maximum absolute atomic E-state index is 12.0. The summed E-state index contributed by atoms with van der Waals surface area (Å²) in [5.41, 5.74) is -0.250. The number of imidazole rings is 1. The van der Waals surface area contributed by atoms with Crippen molar-refractivity contribution in [3.05, 3.63) is 34.8 Å². The molecule has 1 amide bonds. The van der Waals surface area contributed by atoms with Gasteiger partial charge in [0.1, 0.15) is 16.0 Å². The smallest absolute Gasteiger partial charge is 0.408 e. The van der Waals surface area contributed by atoms with Crippen molar-refractivity contribution in [1.29, 1.82) is 0 Å². The summed E-state index contributed by atoms with van der Waals surface area (Å²) in [4.78, 5) is 16.5. The molecule has 0 aliphatic heterocycles. The molecular weight excluding hydrogens is 334 g/mol. The fourth-order valence-corrected chi connectivity index (χ4v) is 2.55. The monoisotopic (exact) mass is 353 g/mol. The Morgan fingerprint density at radius 2 is 1.95 bits per heavy atom. The summed E-state index contributed by atoms with van der Waals surface area (Å²) in [6, 6.07) is 5.83. The first-order valence-electron chi connectivity index (χ1n) is 6.74. The number of rotatable bonds is 2. The summed E-state index contributed by atoms with van der Waals surface area (Å²) >= 11 is 3.45. The lowest BCUT2D eigenvalue weighted by Crippen LogP contribution is -2.44. The third-order valence-electron chi connectivity index (χ3n) is 2.88. The van der Waals surface area contributed by atoms with E-state index in [4.69, 9.17) is 4.74 Å². The van der Waals surface area contributed by atoms with Crippen LogP contribution in [0.1, 0.15) is 40.4 Å². The molecule has 0 saturated carbocycles. The predicted molar refractivity (Wildman–Crippen MR) is 85.3 cm³/mol. The van der Waals surface area contributed by atoms with Crippen molar-refractivity contribution in [1.82, 2.24) is 14.7 Å².